The van der Waals surface area contributed by atoms with E-state index in [0.29, 0.717) is 11.0 Å². The van der Waals surface area contributed by atoms with Crippen LogP contribution >= 0.6 is 0 Å². The Labute approximate surface area is 118 Å². The Morgan fingerprint density at radius 1 is 1.00 bits per heavy atom. The van der Waals surface area contributed by atoms with Crippen molar-refractivity contribution < 1.29 is 0 Å². The molecule has 0 bridgehead atoms. The van der Waals surface area contributed by atoms with Crippen molar-refractivity contribution in [3.8, 4) is 0 Å². The molecule has 2 spiro atoms. The highest BCUT2D eigenvalue weighted by Gasteiger charge is 2.56. The fourth-order valence-electron chi connectivity index (χ4n) is 6.13. The summed E-state index contributed by atoms with van der Waals surface area (Å²) in [4.78, 5) is 3.01. The molecule has 108 valence electrons. The third kappa shape index (κ3) is 1.82. The molecule has 2 heterocycles. The number of hydrogen-bond donors (Lipinski definition) is 1. The molecule has 2 saturated heterocycles. The Hall–Kier alpha value is -0.0800. The number of nitrogens with one attached hydrogen (secondary N) is 1. The van der Waals surface area contributed by atoms with Gasteiger partial charge in [-0.2, -0.15) is 0 Å². The van der Waals surface area contributed by atoms with E-state index in [2.05, 4.69) is 24.1 Å². The summed E-state index contributed by atoms with van der Waals surface area (Å²) in [7, 11) is 0. The largest absolute Gasteiger partial charge is 0.314 e. The zero-order chi connectivity index (χ0) is 13.1. The Balaban J connectivity index is 1.48. The first-order valence-electron chi connectivity index (χ1n) is 8.64. The highest BCUT2D eigenvalue weighted by atomic mass is 15.3. The van der Waals surface area contributed by atoms with Crippen molar-refractivity contribution in [2.75, 3.05) is 6.54 Å². The van der Waals surface area contributed by atoms with Gasteiger partial charge >= 0.3 is 0 Å². The molecule has 0 radical (unpaired) electrons. The van der Waals surface area contributed by atoms with E-state index in [0.717, 1.165) is 18.1 Å². The highest BCUT2D eigenvalue weighted by Crippen LogP contribution is 2.55. The van der Waals surface area contributed by atoms with Gasteiger partial charge in [-0.3, -0.25) is 4.90 Å². The van der Waals surface area contributed by atoms with Crippen LogP contribution in [0.2, 0.25) is 0 Å². The topological polar surface area (TPSA) is 15.3 Å². The van der Waals surface area contributed by atoms with Gasteiger partial charge in [-0.1, -0.05) is 12.8 Å². The van der Waals surface area contributed by atoms with Gasteiger partial charge in [-0.25, -0.2) is 0 Å². The van der Waals surface area contributed by atoms with E-state index in [9.17, 15) is 0 Å². The van der Waals surface area contributed by atoms with Crippen LogP contribution in [0.3, 0.4) is 0 Å². The molecule has 4 rings (SSSR count). The number of hydrogen-bond acceptors (Lipinski definition) is 2. The molecule has 2 saturated carbocycles. The summed E-state index contributed by atoms with van der Waals surface area (Å²) in [5, 5.41) is 3.68. The van der Waals surface area contributed by atoms with Gasteiger partial charge in [-0.05, 0) is 64.2 Å². The third-order valence-electron chi connectivity index (χ3n) is 6.88. The second kappa shape index (κ2) is 4.21. The minimum atomic E-state index is 0.642. The van der Waals surface area contributed by atoms with E-state index in [1.165, 1.54) is 64.3 Å². The second-order valence-electron chi connectivity index (χ2n) is 8.27. The molecule has 2 nitrogen and oxygen atoms in total. The molecule has 2 heteroatoms. The highest BCUT2D eigenvalue weighted by molar-refractivity contribution is 5.11. The van der Waals surface area contributed by atoms with Crippen molar-refractivity contribution in [3.05, 3.63) is 0 Å². The third-order valence-corrected chi connectivity index (χ3v) is 6.88. The molecule has 19 heavy (non-hydrogen) atoms. The van der Waals surface area contributed by atoms with Crippen LogP contribution in [0.5, 0.6) is 0 Å². The fraction of sp³-hybridized carbons (Fsp3) is 1.00. The average Bonchev–Trinajstić information content (AvgIpc) is 3.01. The van der Waals surface area contributed by atoms with E-state index >= 15 is 0 Å². The van der Waals surface area contributed by atoms with Gasteiger partial charge in [0.15, 0.2) is 0 Å². The summed E-state index contributed by atoms with van der Waals surface area (Å²) < 4.78 is 0. The van der Waals surface area contributed by atoms with Crippen LogP contribution in [-0.2, 0) is 0 Å². The van der Waals surface area contributed by atoms with Crippen LogP contribution in [0.4, 0.5) is 0 Å². The lowest BCUT2D eigenvalue weighted by Gasteiger charge is -2.55. The van der Waals surface area contributed by atoms with Crippen LogP contribution in [0.1, 0.15) is 71.6 Å². The van der Waals surface area contributed by atoms with Crippen molar-refractivity contribution in [2.45, 2.75) is 95.3 Å². The predicted molar refractivity (Wildman–Crippen MR) is 79.3 cm³/mol. The molecule has 1 N–H and O–H groups in total. The molecule has 4 aliphatic rings. The maximum absolute atomic E-state index is 3.68. The number of nitrogens with zero attached hydrogens (tertiary/aromatic N) is 1. The minimum absolute atomic E-state index is 0.642. The maximum Gasteiger partial charge on any atom is 0.0215 e. The number of likely N-dealkylation sites (tertiary alicyclic amines) is 1. The van der Waals surface area contributed by atoms with Gasteiger partial charge in [0.2, 0.25) is 0 Å². The van der Waals surface area contributed by atoms with E-state index < -0.39 is 0 Å². The van der Waals surface area contributed by atoms with Gasteiger partial charge in [0.1, 0.15) is 0 Å². The van der Waals surface area contributed by atoms with Crippen molar-refractivity contribution in [3.63, 3.8) is 0 Å². The Morgan fingerprint density at radius 3 is 2.37 bits per heavy atom. The SMILES string of the molecule is CC1CC2(CN1)CC(N1C(C)CCC13CCCC3)C2. The fourth-order valence-corrected chi connectivity index (χ4v) is 6.13. The van der Waals surface area contributed by atoms with E-state index in [4.69, 9.17) is 0 Å². The summed E-state index contributed by atoms with van der Waals surface area (Å²) >= 11 is 0. The van der Waals surface area contributed by atoms with Crippen molar-refractivity contribution in [1.29, 1.82) is 0 Å². The summed E-state index contributed by atoms with van der Waals surface area (Å²) in [5.74, 6) is 0. The van der Waals surface area contributed by atoms with Crippen molar-refractivity contribution >= 4 is 0 Å². The quantitative estimate of drug-likeness (QED) is 0.780. The normalized spacial score (nSPS) is 49.3. The lowest BCUT2D eigenvalue weighted by molar-refractivity contribution is -0.0455. The second-order valence-corrected chi connectivity index (χ2v) is 8.27. The Bertz CT molecular complexity index is 352. The number of rotatable bonds is 1. The lowest BCUT2D eigenvalue weighted by atomic mass is 9.63. The van der Waals surface area contributed by atoms with Gasteiger partial charge < -0.3 is 5.32 Å². The van der Waals surface area contributed by atoms with Crippen LogP contribution in [0.25, 0.3) is 0 Å². The summed E-state index contributed by atoms with van der Waals surface area (Å²) in [6.07, 6.45) is 13.3. The van der Waals surface area contributed by atoms with Gasteiger partial charge in [0.25, 0.3) is 0 Å². The Morgan fingerprint density at radius 2 is 1.74 bits per heavy atom. The zero-order valence-electron chi connectivity index (χ0n) is 12.8. The molecule has 0 aromatic carbocycles. The molecule has 2 aliphatic carbocycles. The lowest BCUT2D eigenvalue weighted by Crippen LogP contribution is -2.59. The van der Waals surface area contributed by atoms with Crippen LogP contribution in [-0.4, -0.2) is 35.1 Å². The minimum Gasteiger partial charge on any atom is -0.314 e. The molecule has 2 atom stereocenters. The van der Waals surface area contributed by atoms with Gasteiger partial charge in [-0.15, -0.1) is 0 Å². The zero-order valence-corrected chi connectivity index (χ0v) is 12.8. The van der Waals surface area contributed by atoms with Crippen LogP contribution in [0.15, 0.2) is 0 Å². The molecule has 0 aromatic rings. The Kier molecular flexibility index (Phi) is 2.80. The molecular formula is C17H30N2. The van der Waals surface area contributed by atoms with Crippen molar-refractivity contribution in [1.82, 2.24) is 10.2 Å². The van der Waals surface area contributed by atoms with Gasteiger partial charge in [0, 0.05) is 30.2 Å². The monoisotopic (exact) mass is 262 g/mol. The van der Waals surface area contributed by atoms with Crippen molar-refractivity contribution in [2.24, 2.45) is 5.41 Å². The van der Waals surface area contributed by atoms with Crippen LogP contribution in [0, 0.1) is 5.41 Å². The average molecular weight is 262 g/mol. The standard InChI is InChI=1S/C17H30N2/c1-13-9-16(12-18-13)10-15(11-16)19-14(2)5-8-17(19)6-3-4-7-17/h13-15,18H,3-12H2,1-2H3. The molecular weight excluding hydrogens is 232 g/mol. The first-order chi connectivity index (χ1) is 9.13. The van der Waals surface area contributed by atoms with E-state index in [-0.39, 0.29) is 0 Å². The van der Waals surface area contributed by atoms with E-state index in [1.54, 1.807) is 0 Å². The first-order valence-corrected chi connectivity index (χ1v) is 8.64. The molecule has 2 unspecified atom stereocenters. The molecule has 4 fully saturated rings. The summed E-state index contributed by atoms with van der Waals surface area (Å²) in [6.45, 7) is 6.15. The molecule has 0 amide bonds. The predicted octanol–water partition coefficient (Wildman–Crippen LogP) is 3.31. The molecule has 2 aliphatic heterocycles. The first kappa shape index (κ1) is 12.6. The summed E-state index contributed by atoms with van der Waals surface area (Å²) in [5.41, 5.74) is 1.33. The molecule has 0 aromatic heterocycles. The smallest absolute Gasteiger partial charge is 0.0215 e. The maximum atomic E-state index is 3.68. The van der Waals surface area contributed by atoms with Gasteiger partial charge in [0.05, 0.1) is 0 Å². The van der Waals surface area contributed by atoms with Crippen LogP contribution < -0.4 is 5.32 Å². The summed E-state index contributed by atoms with van der Waals surface area (Å²) in [6, 6.07) is 2.53. The van der Waals surface area contributed by atoms with E-state index in [1.807, 2.05) is 0 Å².